The van der Waals surface area contributed by atoms with Gasteiger partial charge in [-0.15, -0.1) is 0 Å². The lowest BCUT2D eigenvalue weighted by atomic mass is 9.93. The Labute approximate surface area is 81.0 Å². The van der Waals surface area contributed by atoms with Crippen LogP contribution in [0.4, 0.5) is 0 Å². The van der Waals surface area contributed by atoms with Crippen molar-refractivity contribution >= 4 is 0 Å². The predicted octanol–water partition coefficient (Wildman–Crippen LogP) is 2.15. The van der Waals surface area contributed by atoms with Crippen LogP contribution in [0.3, 0.4) is 0 Å². The van der Waals surface area contributed by atoms with Gasteiger partial charge in [-0.05, 0) is 24.7 Å². The Bertz CT molecular complexity index is 145. The Morgan fingerprint density at radius 1 is 1.23 bits per heavy atom. The molecule has 1 aliphatic carbocycles. The van der Waals surface area contributed by atoms with Gasteiger partial charge in [0.05, 0.1) is 0 Å². The highest BCUT2D eigenvalue weighted by atomic mass is 16.5. The van der Waals surface area contributed by atoms with Gasteiger partial charge in [0.1, 0.15) is 0 Å². The Hall–Kier alpha value is -0.0800. The number of aliphatic hydroxyl groups excluding tert-OH is 1. The normalized spacial score (nSPS) is 34.4. The maximum Gasteiger partial charge on any atom is 0.154 e. The van der Waals surface area contributed by atoms with Gasteiger partial charge in [-0.2, -0.15) is 0 Å². The van der Waals surface area contributed by atoms with Crippen LogP contribution < -0.4 is 0 Å². The van der Waals surface area contributed by atoms with E-state index >= 15 is 0 Å². The zero-order valence-electron chi connectivity index (χ0n) is 8.74. The zero-order chi connectivity index (χ0) is 9.84. The molecule has 0 saturated heterocycles. The summed E-state index contributed by atoms with van der Waals surface area (Å²) in [5, 5.41) is 18.4. The van der Waals surface area contributed by atoms with Crippen LogP contribution in [0.2, 0.25) is 0 Å². The molecule has 0 spiro atoms. The maximum atomic E-state index is 9.20. The molecule has 13 heavy (non-hydrogen) atoms. The van der Waals surface area contributed by atoms with Crippen molar-refractivity contribution in [3.8, 4) is 0 Å². The number of rotatable bonds is 4. The first kappa shape index (κ1) is 11.0. The molecule has 0 aromatic heterocycles. The highest BCUT2D eigenvalue weighted by molar-refractivity contribution is 4.83. The molecule has 2 N–H and O–H groups in total. The van der Waals surface area contributed by atoms with Crippen molar-refractivity contribution in [3.63, 3.8) is 0 Å². The predicted molar refractivity (Wildman–Crippen MR) is 53.1 cm³/mol. The third-order valence-electron chi connectivity index (χ3n) is 3.45. The quantitative estimate of drug-likeness (QED) is 0.660. The summed E-state index contributed by atoms with van der Waals surface area (Å²) >= 11 is 0. The van der Waals surface area contributed by atoms with Gasteiger partial charge in [-0.3, -0.25) is 0 Å². The van der Waals surface area contributed by atoms with E-state index in [0.29, 0.717) is 5.92 Å². The molecule has 1 rings (SSSR count). The van der Waals surface area contributed by atoms with E-state index in [-0.39, 0.29) is 5.92 Å². The average molecular weight is 186 g/mol. The molecule has 3 atom stereocenters. The monoisotopic (exact) mass is 186 g/mol. The van der Waals surface area contributed by atoms with E-state index in [1.807, 2.05) is 0 Å². The minimum Gasteiger partial charge on any atom is -0.368 e. The summed E-state index contributed by atoms with van der Waals surface area (Å²) in [6.07, 6.45) is 4.68. The van der Waals surface area contributed by atoms with Crippen molar-refractivity contribution in [3.05, 3.63) is 0 Å². The Balaban J connectivity index is 2.46. The largest absolute Gasteiger partial charge is 0.368 e. The topological polar surface area (TPSA) is 40.5 Å². The lowest BCUT2D eigenvalue weighted by Gasteiger charge is -2.19. The van der Waals surface area contributed by atoms with Crippen LogP contribution in [0.1, 0.15) is 46.0 Å². The van der Waals surface area contributed by atoms with E-state index in [4.69, 9.17) is 0 Å². The van der Waals surface area contributed by atoms with Crippen LogP contribution in [0.25, 0.3) is 0 Å². The molecular weight excluding hydrogens is 164 g/mol. The summed E-state index contributed by atoms with van der Waals surface area (Å²) in [6, 6.07) is 0. The second-order valence-electron chi connectivity index (χ2n) is 4.37. The molecule has 0 radical (unpaired) electrons. The second-order valence-corrected chi connectivity index (χ2v) is 4.37. The van der Waals surface area contributed by atoms with Gasteiger partial charge >= 0.3 is 0 Å². The highest BCUT2D eigenvalue weighted by Gasteiger charge is 2.35. The van der Waals surface area contributed by atoms with Crippen LogP contribution in [0, 0.1) is 17.8 Å². The Morgan fingerprint density at radius 3 is 2.31 bits per heavy atom. The number of hydrogen-bond acceptors (Lipinski definition) is 2. The first-order chi connectivity index (χ1) is 6.19. The Morgan fingerprint density at radius 2 is 1.92 bits per heavy atom. The van der Waals surface area contributed by atoms with Crippen molar-refractivity contribution in [1.82, 2.24) is 0 Å². The van der Waals surface area contributed by atoms with E-state index < -0.39 is 6.29 Å². The highest BCUT2D eigenvalue weighted by Crippen LogP contribution is 2.41. The number of aliphatic hydroxyl groups is 2. The molecule has 1 fully saturated rings. The van der Waals surface area contributed by atoms with Gasteiger partial charge < -0.3 is 10.2 Å². The van der Waals surface area contributed by atoms with Gasteiger partial charge in [0.25, 0.3) is 0 Å². The van der Waals surface area contributed by atoms with Crippen LogP contribution in [-0.2, 0) is 0 Å². The maximum absolute atomic E-state index is 9.20. The molecule has 0 heterocycles. The van der Waals surface area contributed by atoms with Gasteiger partial charge in [-0.25, -0.2) is 0 Å². The minimum absolute atomic E-state index is 0.140. The van der Waals surface area contributed by atoms with E-state index in [9.17, 15) is 10.2 Å². The third-order valence-corrected chi connectivity index (χ3v) is 3.45. The molecular formula is C11H22O2. The summed E-state index contributed by atoms with van der Waals surface area (Å²) < 4.78 is 0. The molecule has 0 aliphatic heterocycles. The summed E-state index contributed by atoms with van der Waals surface area (Å²) in [5.74, 6) is 1.42. The van der Waals surface area contributed by atoms with E-state index in [1.54, 1.807) is 0 Å². The van der Waals surface area contributed by atoms with Crippen molar-refractivity contribution in [2.24, 2.45) is 17.8 Å². The zero-order valence-corrected chi connectivity index (χ0v) is 8.74. The molecule has 2 heteroatoms. The lowest BCUT2D eigenvalue weighted by Crippen LogP contribution is -2.22. The SMILES string of the molecule is CCCC1CC(CC)C(C(O)O)C1. The number of hydrogen-bond donors (Lipinski definition) is 2. The van der Waals surface area contributed by atoms with E-state index in [1.165, 1.54) is 19.3 Å². The van der Waals surface area contributed by atoms with E-state index in [2.05, 4.69) is 13.8 Å². The smallest absolute Gasteiger partial charge is 0.154 e. The summed E-state index contributed by atoms with van der Waals surface area (Å²) in [6.45, 7) is 4.35. The molecule has 1 saturated carbocycles. The van der Waals surface area contributed by atoms with E-state index in [0.717, 1.165) is 18.8 Å². The standard InChI is InChI=1S/C11H22O2/c1-3-5-8-6-9(4-2)10(7-8)11(12)13/h8-13H,3-7H2,1-2H3. The van der Waals surface area contributed by atoms with Crippen LogP contribution >= 0.6 is 0 Å². The van der Waals surface area contributed by atoms with Crippen LogP contribution in [0.5, 0.6) is 0 Å². The molecule has 0 amide bonds. The first-order valence-corrected chi connectivity index (χ1v) is 5.55. The fraction of sp³-hybridized carbons (Fsp3) is 1.00. The van der Waals surface area contributed by atoms with Crippen molar-refractivity contribution in [1.29, 1.82) is 0 Å². The fourth-order valence-electron chi connectivity index (χ4n) is 2.76. The molecule has 78 valence electrons. The fourth-order valence-corrected chi connectivity index (χ4v) is 2.76. The van der Waals surface area contributed by atoms with Gasteiger partial charge in [0.15, 0.2) is 6.29 Å². The minimum atomic E-state index is -1.09. The molecule has 3 unspecified atom stereocenters. The molecule has 0 aromatic carbocycles. The summed E-state index contributed by atoms with van der Waals surface area (Å²) in [5.41, 5.74) is 0. The second kappa shape index (κ2) is 4.97. The van der Waals surface area contributed by atoms with Gasteiger partial charge in [0, 0.05) is 5.92 Å². The molecule has 2 nitrogen and oxygen atoms in total. The average Bonchev–Trinajstić information content (AvgIpc) is 2.48. The third kappa shape index (κ3) is 2.68. The van der Waals surface area contributed by atoms with Crippen LogP contribution in [0.15, 0.2) is 0 Å². The Kier molecular flexibility index (Phi) is 4.20. The molecule has 0 bridgehead atoms. The summed E-state index contributed by atoms with van der Waals surface area (Å²) in [4.78, 5) is 0. The van der Waals surface area contributed by atoms with Gasteiger partial charge in [-0.1, -0.05) is 33.1 Å². The lowest BCUT2D eigenvalue weighted by molar-refractivity contribution is -0.0948. The van der Waals surface area contributed by atoms with Crippen LogP contribution in [-0.4, -0.2) is 16.5 Å². The van der Waals surface area contributed by atoms with Crippen molar-refractivity contribution in [2.45, 2.75) is 52.2 Å². The first-order valence-electron chi connectivity index (χ1n) is 5.55. The van der Waals surface area contributed by atoms with Gasteiger partial charge in [0.2, 0.25) is 0 Å². The molecule has 0 aromatic rings. The summed E-state index contributed by atoms with van der Waals surface area (Å²) in [7, 11) is 0. The van der Waals surface area contributed by atoms with Crippen molar-refractivity contribution < 1.29 is 10.2 Å². The molecule has 1 aliphatic rings. The van der Waals surface area contributed by atoms with Crippen molar-refractivity contribution in [2.75, 3.05) is 0 Å².